The molecule has 0 radical (unpaired) electrons. The minimum atomic E-state index is -0.422. The van der Waals surface area contributed by atoms with Crippen LogP contribution in [0.2, 0.25) is 0 Å². The van der Waals surface area contributed by atoms with Crippen molar-refractivity contribution in [1.82, 2.24) is 4.98 Å². The van der Waals surface area contributed by atoms with Crippen LogP contribution in [0.15, 0.2) is 24.4 Å². The zero-order chi connectivity index (χ0) is 14.5. The number of hydrogen-bond donors (Lipinski definition) is 1. The van der Waals surface area contributed by atoms with E-state index in [9.17, 15) is 0 Å². The van der Waals surface area contributed by atoms with E-state index in [1.165, 1.54) is 0 Å². The SMILES string of the molecule is CC1(C)OB(c2ccc(C#N)c3cc[nH]c23)OC1(C)C. The lowest BCUT2D eigenvalue weighted by Gasteiger charge is -2.32. The molecule has 2 aromatic rings. The number of rotatable bonds is 1. The van der Waals surface area contributed by atoms with Crippen molar-refractivity contribution in [3.63, 3.8) is 0 Å². The highest BCUT2D eigenvalue weighted by Gasteiger charge is 2.52. The summed E-state index contributed by atoms with van der Waals surface area (Å²) in [5.41, 5.74) is 1.75. The molecule has 20 heavy (non-hydrogen) atoms. The van der Waals surface area contributed by atoms with Gasteiger partial charge in [0.2, 0.25) is 0 Å². The first-order chi connectivity index (χ1) is 9.36. The number of nitriles is 1. The van der Waals surface area contributed by atoms with Gasteiger partial charge in [0.05, 0.1) is 22.8 Å². The van der Waals surface area contributed by atoms with E-state index < -0.39 is 7.12 Å². The Bertz CT molecular complexity index is 696. The predicted octanol–water partition coefficient (Wildman–Crippen LogP) is 2.34. The van der Waals surface area contributed by atoms with Gasteiger partial charge in [-0.1, -0.05) is 6.07 Å². The number of H-pyrrole nitrogens is 1. The van der Waals surface area contributed by atoms with Gasteiger partial charge in [-0.05, 0) is 39.8 Å². The Morgan fingerprint density at radius 1 is 1.10 bits per heavy atom. The Morgan fingerprint density at radius 2 is 1.75 bits per heavy atom. The quantitative estimate of drug-likeness (QED) is 0.807. The van der Waals surface area contributed by atoms with Crippen molar-refractivity contribution in [2.45, 2.75) is 38.9 Å². The molecule has 5 heteroatoms. The highest BCUT2D eigenvalue weighted by atomic mass is 16.7. The standard InChI is InChI=1S/C15H17BN2O2/c1-14(2)15(3,4)20-16(19-14)12-6-5-10(9-17)11-7-8-18-13(11)12/h5-8,18H,1-4H3. The van der Waals surface area contributed by atoms with E-state index in [0.29, 0.717) is 5.56 Å². The number of hydrogen-bond acceptors (Lipinski definition) is 3. The zero-order valence-corrected chi connectivity index (χ0v) is 12.2. The Morgan fingerprint density at radius 3 is 2.35 bits per heavy atom. The molecule has 1 saturated heterocycles. The van der Waals surface area contributed by atoms with Crippen molar-refractivity contribution < 1.29 is 9.31 Å². The van der Waals surface area contributed by atoms with Crippen LogP contribution in [0.25, 0.3) is 10.9 Å². The van der Waals surface area contributed by atoms with Crippen molar-refractivity contribution in [2.75, 3.05) is 0 Å². The molecule has 1 N–H and O–H groups in total. The maximum atomic E-state index is 9.15. The predicted molar refractivity (Wildman–Crippen MR) is 78.7 cm³/mol. The van der Waals surface area contributed by atoms with Crippen LogP contribution in [-0.2, 0) is 9.31 Å². The molecule has 0 atom stereocenters. The van der Waals surface area contributed by atoms with Gasteiger partial charge in [0.25, 0.3) is 0 Å². The van der Waals surface area contributed by atoms with E-state index in [1.54, 1.807) is 0 Å². The summed E-state index contributed by atoms with van der Waals surface area (Å²) >= 11 is 0. The summed E-state index contributed by atoms with van der Waals surface area (Å²) in [6.07, 6.45) is 1.83. The van der Waals surface area contributed by atoms with Gasteiger partial charge < -0.3 is 14.3 Å². The summed E-state index contributed by atoms with van der Waals surface area (Å²) in [5, 5.41) is 10.1. The van der Waals surface area contributed by atoms with Crippen molar-refractivity contribution in [1.29, 1.82) is 5.26 Å². The summed E-state index contributed by atoms with van der Waals surface area (Å²) in [6.45, 7) is 8.12. The molecular weight excluding hydrogens is 251 g/mol. The summed E-state index contributed by atoms with van der Waals surface area (Å²) < 4.78 is 12.2. The first kappa shape index (κ1) is 13.2. The average molecular weight is 268 g/mol. The molecule has 0 amide bonds. The normalized spacial score (nSPS) is 20.2. The summed E-state index contributed by atoms with van der Waals surface area (Å²) in [4.78, 5) is 3.18. The molecule has 3 rings (SSSR count). The van der Waals surface area contributed by atoms with Gasteiger partial charge in [-0.2, -0.15) is 5.26 Å². The number of aromatic amines is 1. The molecule has 1 aliphatic rings. The fraction of sp³-hybridized carbons (Fsp3) is 0.400. The zero-order valence-electron chi connectivity index (χ0n) is 12.2. The third-order valence-electron chi connectivity index (χ3n) is 4.38. The largest absolute Gasteiger partial charge is 0.497 e. The van der Waals surface area contributed by atoms with Crippen LogP contribution < -0.4 is 5.46 Å². The van der Waals surface area contributed by atoms with Crippen molar-refractivity contribution in [2.24, 2.45) is 0 Å². The molecule has 0 spiro atoms. The van der Waals surface area contributed by atoms with Crippen LogP contribution in [0, 0.1) is 11.3 Å². The summed E-state index contributed by atoms with van der Waals surface area (Å²) in [5.74, 6) is 0. The molecule has 1 aromatic carbocycles. The van der Waals surface area contributed by atoms with E-state index >= 15 is 0 Å². The number of nitrogens with zero attached hydrogens (tertiary/aromatic N) is 1. The highest BCUT2D eigenvalue weighted by Crippen LogP contribution is 2.37. The molecule has 0 bridgehead atoms. The Hall–Kier alpha value is -1.77. The third-order valence-corrected chi connectivity index (χ3v) is 4.38. The molecule has 0 saturated carbocycles. The molecular formula is C15H17BN2O2. The molecule has 4 nitrogen and oxygen atoms in total. The van der Waals surface area contributed by atoms with Crippen LogP contribution >= 0.6 is 0 Å². The van der Waals surface area contributed by atoms with E-state index in [0.717, 1.165) is 16.4 Å². The van der Waals surface area contributed by atoms with Crippen LogP contribution in [0.3, 0.4) is 0 Å². The van der Waals surface area contributed by atoms with Gasteiger partial charge in [-0.3, -0.25) is 0 Å². The fourth-order valence-electron chi connectivity index (χ4n) is 2.44. The number of aromatic nitrogens is 1. The van der Waals surface area contributed by atoms with Crippen LogP contribution in [0.1, 0.15) is 33.3 Å². The highest BCUT2D eigenvalue weighted by molar-refractivity contribution is 6.65. The van der Waals surface area contributed by atoms with E-state index in [2.05, 4.69) is 11.1 Å². The smallest absolute Gasteiger partial charge is 0.399 e. The van der Waals surface area contributed by atoms with Crippen molar-refractivity contribution >= 4 is 23.5 Å². The topological polar surface area (TPSA) is 58.0 Å². The number of benzene rings is 1. The first-order valence-corrected chi connectivity index (χ1v) is 6.71. The molecule has 1 fully saturated rings. The van der Waals surface area contributed by atoms with Crippen LogP contribution in [-0.4, -0.2) is 23.3 Å². The molecule has 0 unspecified atom stereocenters. The molecule has 1 aliphatic heterocycles. The minimum absolute atomic E-state index is 0.371. The van der Waals surface area contributed by atoms with Gasteiger partial charge >= 0.3 is 7.12 Å². The minimum Gasteiger partial charge on any atom is -0.399 e. The molecule has 2 heterocycles. The number of nitrogens with one attached hydrogen (secondary N) is 1. The lowest BCUT2D eigenvalue weighted by atomic mass is 9.77. The van der Waals surface area contributed by atoms with Gasteiger partial charge in [-0.25, -0.2) is 0 Å². The van der Waals surface area contributed by atoms with Crippen LogP contribution in [0.4, 0.5) is 0 Å². The maximum Gasteiger partial charge on any atom is 0.497 e. The number of fused-ring (bicyclic) bond motifs is 1. The third kappa shape index (κ3) is 1.76. The van der Waals surface area contributed by atoms with Gasteiger partial charge in [0.1, 0.15) is 0 Å². The Labute approximate surface area is 118 Å². The Balaban J connectivity index is 2.10. The average Bonchev–Trinajstić information content (AvgIpc) is 2.91. The summed E-state index contributed by atoms with van der Waals surface area (Å²) in [6, 6.07) is 7.83. The van der Waals surface area contributed by atoms with Gasteiger partial charge in [0, 0.05) is 22.6 Å². The molecule has 0 aliphatic carbocycles. The van der Waals surface area contributed by atoms with E-state index in [-0.39, 0.29) is 11.2 Å². The van der Waals surface area contributed by atoms with E-state index in [1.807, 2.05) is 52.1 Å². The molecule has 1 aromatic heterocycles. The fourth-order valence-corrected chi connectivity index (χ4v) is 2.44. The second kappa shape index (κ2) is 4.11. The first-order valence-electron chi connectivity index (χ1n) is 6.71. The monoisotopic (exact) mass is 268 g/mol. The van der Waals surface area contributed by atoms with Crippen molar-refractivity contribution in [3.05, 3.63) is 30.0 Å². The van der Waals surface area contributed by atoms with E-state index in [4.69, 9.17) is 14.6 Å². The second-order valence-corrected chi connectivity index (χ2v) is 6.17. The maximum absolute atomic E-state index is 9.15. The second-order valence-electron chi connectivity index (χ2n) is 6.17. The lowest BCUT2D eigenvalue weighted by Crippen LogP contribution is -2.41. The van der Waals surface area contributed by atoms with Crippen LogP contribution in [0.5, 0.6) is 0 Å². The Kier molecular flexibility index (Phi) is 2.72. The summed E-state index contributed by atoms with van der Waals surface area (Å²) in [7, 11) is -0.422. The van der Waals surface area contributed by atoms with Gasteiger partial charge in [-0.15, -0.1) is 0 Å². The van der Waals surface area contributed by atoms with Crippen molar-refractivity contribution in [3.8, 4) is 6.07 Å². The van der Waals surface area contributed by atoms with Gasteiger partial charge in [0.15, 0.2) is 0 Å². The lowest BCUT2D eigenvalue weighted by molar-refractivity contribution is 0.00578. The molecule has 102 valence electrons.